The van der Waals surface area contributed by atoms with Crippen LogP contribution in [0.3, 0.4) is 0 Å². The van der Waals surface area contributed by atoms with E-state index >= 15 is 0 Å². The maximum atomic E-state index is 14.0. The van der Waals surface area contributed by atoms with Crippen molar-refractivity contribution in [3.63, 3.8) is 0 Å². The van der Waals surface area contributed by atoms with Gasteiger partial charge in [-0.15, -0.1) is 0 Å². The molecule has 0 aliphatic heterocycles. The zero-order chi connectivity index (χ0) is 27.9. The fourth-order valence-electron chi connectivity index (χ4n) is 3.97. The van der Waals surface area contributed by atoms with Crippen molar-refractivity contribution in [1.29, 1.82) is 0 Å². The third kappa shape index (κ3) is 8.44. The summed E-state index contributed by atoms with van der Waals surface area (Å²) in [6.07, 6.45) is 1.31. The molecule has 3 rings (SSSR count). The molecule has 0 aliphatic rings. The number of carbonyl (C=O) groups is 2. The summed E-state index contributed by atoms with van der Waals surface area (Å²) in [5.74, 6) is -0.849. The third-order valence-corrected chi connectivity index (χ3v) is 8.02. The van der Waals surface area contributed by atoms with Crippen molar-refractivity contribution in [3.8, 4) is 0 Å². The minimum absolute atomic E-state index is 0.0335. The Labute approximate surface area is 243 Å². The summed E-state index contributed by atoms with van der Waals surface area (Å²) in [4.78, 5) is 28.9. The predicted molar refractivity (Wildman–Crippen MR) is 161 cm³/mol. The van der Waals surface area contributed by atoms with Gasteiger partial charge in [-0.2, -0.15) is 0 Å². The highest BCUT2D eigenvalue weighted by atomic mass is 127. The maximum absolute atomic E-state index is 14.0. The Morgan fingerprint density at radius 2 is 1.55 bits per heavy atom. The molecule has 0 radical (unpaired) electrons. The predicted octanol–water partition coefficient (Wildman–Crippen LogP) is 4.88. The quantitative estimate of drug-likeness (QED) is 0.296. The number of nitrogens with zero attached hydrogens (tertiary/aromatic N) is 2. The van der Waals surface area contributed by atoms with E-state index in [1.54, 1.807) is 48.5 Å². The molecule has 0 aliphatic carbocycles. The summed E-state index contributed by atoms with van der Waals surface area (Å²) in [5, 5.41) is 3.37. The minimum Gasteiger partial charge on any atom is -0.352 e. The molecule has 0 saturated carbocycles. The second-order valence-corrected chi connectivity index (χ2v) is 12.8. The van der Waals surface area contributed by atoms with Crippen LogP contribution < -0.4 is 9.62 Å². The standard InChI is InChI=1S/C28H31ClIN3O4S/c1-20(2)31-28(35)26(17-21-9-5-4-6-10-21)32(18-22-11-7-8-12-25(22)29)27(34)19-33(38(3,36)37)24-15-13-23(30)14-16-24/h4-16,20,26H,17-19H2,1-3H3,(H,31,35)/t26-/m1/s1. The Hall–Kier alpha value is -2.63. The van der Waals surface area contributed by atoms with Crippen LogP contribution in [0.25, 0.3) is 0 Å². The van der Waals surface area contributed by atoms with Crippen molar-refractivity contribution in [3.05, 3.63) is 98.6 Å². The van der Waals surface area contributed by atoms with Crippen molar-refractivity contribution in [2.45, 2.75) is 38.9 Å². The van der Waals surface area contributed by atoms with Gasteiger partial charge in [-0.1, -0.05) is 60.1 Å². The number of halogens is 2. The van der Waals surface area contributed by atoms with Gasteiger partial charge in [-0.25, -0.2) is 8.42 Å². The van der Waals surface area contributed by atoms with Crippen LogP contribution in [0.5, 0.6) is 0 Å². The molecule has 0 aromatic heterocycles. The Morgan fingerprint density at radius 1 is 0.947 bits per heavy atom. The van der Waals surface area contributed by atoms with Gasteiger partial charge >= 0.3 is 0 Å². The number of carbonyl (C=O) groups excluding carboxylic acids is 2. The van der Waals surface area contributed by atoms with Gasteiger partial charge in [0.25, 0.3) is 0 Å². The molecular weight excluding hydrogens is 637 g/mol. The third-order valence-electron chi connectivity index (χ3n) is 5.79. The molecule has 202 valence electrons. The molecule has 0 fully saturated rings. The Morgan fingerprint density at radius 3 is 2.13 bits per heavy atom. The highest BCUT2D eigenvalue weighted by molar-refractivity contribution is 14.1. The zero-order valence-electron chi connectivity index (χ0n) is 21.5. The second kappa shape index (κ2) is 13.4. The first-order valence-corrected chi connectivity index (χ1v) is 15.4. The topological polar surface area (TPSA) is 86.8 Å². The van der Waals surface area contributed by atoms with Gasteiger partial charge in [0.2, 0.25) is 21.8 Å². The summed E-state index contributed by atoms with van der Waals surface area (Å²) in [6, 6.07) is 22.3. The fraction of sp³-hybridized carbons (Fsp3) is 0.286. The number of hydrogen-bond donors (Lipinski definition) is 1. The lowest BCUT2D eigenvalue weighted by atomic mass is 10.0. The van der Waals surface area contributed by atoms with Crippen molar-refractivity contribution in [2.75, 3.05) is 17.1 Å². The Bertz CT molecular complexity index is 1350. The molecule has 3 aromatic carbocycles. The molecule has 0 heterocycles. The molecule has 1 N–H and O–H groups in total. The van der Waals surface area contributed by atoms with Crippen molar-refractivity contribution >= 4 is 61.7 Å². The average Bonchev–Trinajstić information content (AvgIpc) is 2.85. The van der Waals surface area contributed by atoms with Crippen LogP contribution in [0, 0.1) is 3.57 Å². The number of anilines is 1. The number of sulfonamides is 1. The van der Waals surface area contributed by atoms with E-state index in [0.717, 1.165) is 19.7 Å². The van der Waals surface area contributed by atoms with E-state index in [-0.39, 0.29) is 24.9 Å². The lowest BCUT2D eigenvalue weighted by Crippen LogP contribution is -2.54. The van der Waals surface area contributed by atoms with Crippen LogP contribution in [-0.4, -0.2) is 50.0 Å². The summed E-state index contributed by atoms with van der Waals surface area (Å²) >= 11 is 8.57. The smallest absolute Gasteiger partial charge is 0.244 e. The van der Waals surface area contributed by atoms with Crippen molar-refractivity contribution in [2.24, 2.45) is 0 Å². The van der Waals surface area contributed by atoms with Crippen molar-refractivity contribution in [1.82, 2.24) is 10.2 Å². The average molecular weight is 668 g/mol. The number of benzene rings is 3. The van der Waals surface area contributed by atoms with Gasteiger partial charge in [0.15, 0.2) is 0 Å². The first-order valence-electron chi connectivity index (χ1n) is 12.1. The summed E-state index contributed by atoms with van der Waals surface area (Å²) in [5.41, 5.74) is 1.88. The molecule has 0 spiro atoms. The monoisotopic (exact) mass is 667 g/mol. The highest BCUT2D eigenvalue weighted by Crippen LogP contribution is 2.23. The van der Waals surface area contributed by atoms with E-state index in [9.17, 15) is 18.0 Å². The normalized spacial score (nSPS) is 12.2. The van der Waals surface area contributed by atoms with Crippen LogP contribution in [0.2, 0.25) is 5.02 Å². The van der Waals surface area contributed by atoms with Gasteiger partial charge in [0, 0.05) is 27.6 Å². The van der Waals surface area contributed by atoms with Gasteiger partial charge in [-0.3, -0.25) is 13.9 Å². The van der Waals surface area contributed by atoms with E-state index in [1.165, 1.54) is 4.90 Å². The van der Waals surface area contributed by atoms with E-state index in [4.69, 9.17) is 11.6 Å². The number of hydrogen-bond acceptors (Lipinski definition) is 4. The largest absolute Gasteiger partial charge is 0.352 e. The van der Waals surface area contributed by atoms with Crippen LogP contribution >= 0.6 is 34.2 Å². The molecule has 1 atom stereocenters. The molecule has 2 amide bonds. The van der Waals surface area contributed by atoms with Crippen LogP contribution in [0.1, 0.15) is 25.0 Å². The van der Waals surface area contributed by atoms with Gasteiger partial charge < -0.3 is 10.2 Å². The summed E-state index contributed by atoms with van der Waals surface area (Å²) in [7, 11) is -3.81. The van der Waals surface area contributed by atoms with Crippen molar-refractivity contribution < 1.29 is 18.0 Å². The van der Waals surface area contributed by atoms with Crippen LogP contribution in [0.15, 0.2) is 78.9 Å². The molecule has 10 heteroatoms. The first-order chi connectivity index (χ1) is 18.0. The zero-order valence-corrected chi connectivity index (χ0v) is 25.2. The number of nitrogens with one attached hydrogen (secondary N) is 1. The maximum Gasteiger partial charge on any atom is 0.244 e. The molecular formula is C28H31ClIN3O4S. The van der Waals surface area contributed by atoms with E-state index in [1.807, 2.05) is 44.2 Å². The molecule has 0 bridgehead atoms. The first kappa shape index (κ1) is 29.9. The number of amides is 2. The van der Waals surface area contributed by atoms with Gasteiger partial charge in [0.1, 0.15) is 12.6 Å². The molecule has 3 aromatic rings. The lowest BCUT2D eigenvalue weighted by molar-refractivity contribution is -0.140. The Balaban J connectivity index is 2.06. The van der Waals surface area contributed by atoms with E-state index in [0.29, 0.717) is 16.3 Å². The fourth-order valence-corrected chi connectivity index (χ4v) is 5.37. The van der Waals surface area contributed by atoms with Crippen LogP contribution in [-0.2, 0) is 32.6 Å². The second-order valence-electron chi connectivity index (χ2n) is 9.23. The van der Waals surface area contributed by atoms with Crippen LogP contribution in [0.4, 0.5) is 5.69 Å². The van der Waals surface area contributed by atoms with Gasteiger partial charge in [0.05, 0.1) is 11.9 Å². The highest BCUT2D eigenvalue weighted by Gasteiger charge is 2.33. The molecule has 0 unspecified atom stereocenters. The Kier molecular flexibility index (Phi) is 10.6. The SMILES string of the molecule is CC(C)NC(=O)[C@@H](Cc1ccccc1)N(Cc1ccccc1Cl)C(=O)CN(c1ccc(I)cc1)S(C)(=O)=O. The summed E-state index contributed by atoms with van der Waals surface area (Å²) in [6.45, 7) is 3.26. The van der Waals surface area contributed by atoms with Gasteiger partial charge in [-0.05, 0) is 77.9 Å². The minimum atomic E-state index is -3.81. The number of rotatable bonds is 11. The lowest BCUT2D eigenvalue weighted by Gasteiger charge is -2.34. The van der Waals surface area contributed by atoms with E-state index < -0.39 is 28.5 Å². The van der Waals surface area contributed by atoms with E-state index in [2.05, 4.69) is 27.9 Å². The summed E-state index contributed by atoms with van der Waals surface area (Å²) < 4.78 is 27.6. The molecule has 38 heavy (non-hydrogen) atoms. The molecule has 0 saturated heterocycles. The molecule has 7 nitrogen and oxygen atoms in total.